The topological polar surface area (TPSA) is 116 Å². The van der Waals surface area contributed by atoms with Gasteiger partial charge < -0.3 is 29.2 Å². The van der Waals surface area contributed by atoms with Gasteiger partial charge in [-0.15, -0.1) is 0 Å². The van der Waals surface area contributed by atoms with Gasteiger partial charge in [-0.3, -0.25) is 0 Å². The average molecular weight is 596 g/mol. The molecule has 0 bridgehead atoms. The highest BCUT2D eigenvalue weighted by molar-refractivity contribution is 7.90. The molecule has 0 saturated carbocycles. The summed E-state index contributed by atoms with van der Waals surface area (Å²) in [6.07, 6.45) is 1.84. The predicted octanol–water partition coefficient (Wildman–Crippen LogP) is 4.52. The van der Waals surface area contributed by atoms with Gasteiger partial charge in [-0.05, 0) is 66.1 Å². The number of nitroso groups, excluding NO2 is 1. The highest BCUT2D eigenvalue weighted by Gasteiger charge is 2.36. The lowest BCUT2D eigenvalue weighted by Gasteiger charge is -2.36. The largest absolute Gasteiger partial charge is 0.490 e. The molecule has 0 unspecified atom stereocenters. The van der Waals surface area contributed by atoms with E-state index in [1.165, 1.54) is 18.4 Å². The Kier molecular flexibility index (Phi) is 9.73. The summed E-state index contributed by atoms with van der Waals surface area (Å²) in [6.45, 7) is 4.55. The SMILES string of the molecule is COCCCN1CCOc2ccc(CO[C@H]3CNC[C@@H](N=O)[C@@H]3c3ccc(Oc4ccc(S(C)(=O)=O)cc4)cc3)cc21. The molecular weight excluding hydrogens is 558 g/mol. The van der Waals surface area contributed by atoms with Gasteiger partial charge in [0.05, 0.1) is 29.8 Å². The molecule has 2 heterocycles. The van der Waals surface area contributed by atoms with Crippen LogP contribution in [-0.2, 0) is 25.9 Å². The van der Waals surface area contributed by atoms with Gasteiger partial charge in [0.15, 0.2) is 9.84 Å². The molecule has 224 valence electrons. The van der Waals surface area contributed by atoms with E-state index in [0.29, 0.717) is 44.4 Å². The van der Waals surface area contributed by atoms with Gasteiger partial charge in [0.2, 0.25) is 0 Å². The standard InChI is InChI=1S/C31H37N3O7S/c1-38-16-3-14-34-15-17-39-29-13-4-22(18-28(29)34)21-40-30-20-32-19-27(33-35)31(30)23-5-7-24(8-6-23)41-25-9-11-26(12-10-25)42(2,36)37/h4-13,18,27,30-32H,3,14-17,19-21H2,1-2H3/t27-,30+,31+/m1/s1. The predicted molar refractivity (Wildman–Crippen MR) is 160 cm³/mol. The molecule has 10 nitrogen and oxygen atoms in total. The van der Waals surface area contributed by atoms with Gasteiger partial charge >= 0.3 is 0 Å². The Labute approximate surface area is 246 Å². The molecule has 3 aromatic carbocycles. The highest BCUT2D eigenvalue weighted by Crippen LogP contribution is 2.35. The number of fused-ring (bicyclic) bond motifs is 1. The quantitative estimate of drug-likeness (QED) is 0.238. The number of sulfone groups is 1. The number of anilines is 1. The molecule has 0 amide bonds. The van der Waals surface area contributed by atoms with Crippen LogP contribution in [0.25, 0.3) is 0 Å². The molecule has 5 rings (SSSR count). The molecule has 3 aromatic rings. The molecular formula is C31H37N3O7S. The van der Waals surface area contributed by atoms with Crippen LogP contribution in [0.1, 0.15) is 23.5 Å². The molecule has 3 atom stereocenters. The summed E-state index contributed by atoms with van der Waals surface area (Å²) in [4.78, 5) is 14.4. The van der Waals surface area contributed by atoms with E-state index >= 15 is 0 Å². The third-order valence-corrected chi connectivity index (χ3v) is 8.75. The Hall–Kier alpha value is -3.51. The minimum Gasteiger partial charge on any atom is -0.490 e. The van der Waals surface area contributed by atoms with Crippen molar-refractivity contribution in [3.05, 3.63) is 82.8 Å². The third kappa shape index (κ3) is 7.27. The van der Waals surface area contributed by atoms with Crippen molar-refractivity contribution in [2.24, 2.45) is 5.18 Å². The van der Waals surface area contributed by atoms with Crippen molar-refractivity contribution in [1.82, 2.24) is 5.32 Å². The molecule has 0 aliphatic carbocycles. The fourth-order valence-corrected chi connectivity index (χ4v) is 6.10. The van der Waals surface area contributed by atoms with E-state index in [4.69, 9.17) is 18.9 Å². The van der Waals surface area contributed by atoms with Gasteiger partial charge in [-0.2, -0.15) is 4.91 Å². The summed E-state index contributed by atoms with van der Waals surface area (Å²) in [5, 5.41) is 6.72. The van der Waals surface area contributed by atoms with Crippen LogP contribution in [0, 0.1) is 4.91 Å². The highest BCUT2D eigenvalue weighted by atomic mass is 32.2. The summed E-state index contributed by atoms with van der Waals surface area (Å²) in [7, 11) is -1.56. The van der Waals surface area contributed by atoms with Crippen LogP contribution in [0.4, 0.5) is 5.69 Å². The Morgan fingerprint density at radius 3 is 2.45 bits per heavy atom. The van der Waals surface area contributed by atoms with Crippen molar-refractivity contribution in [3.8, 4) is 17.2 Å². The Balaban J connectivity index is 1.27. The number of benzene rings is 3. The van der Waals surface area contributed by atoms with E-state index in [9.17, 15) is 13.3 Å². The van der Waals surface area contributed by atoms with Crippen LogP contribution in [0.15, 0.2) is 76.8 Å². The summed E-state index contributed by atoms with van der Waals surface area (Å²) < 4.78 is 46.9. The number of piperidine rings is 1. The lowest BCUT2D eigenvalue weighted by atomic mass is 9.84. The first-order valence-corrected chi connectivity index (χ1v) is 16.0. The molecule has 2 aliphatic heterocycles. The van der Waals surface area contributed by atoms with Crippen molar-refractivity contribution in [2.75, 3.05) is 57.7 Å². The zero-order valence-corrected chi connectivity index (χ0v) is 24.7. The summed E-state index contributed by atoms with van der Waals surface area (Å²) in [5.74, 6) is 1.77. The zero-order chi connectivity index (χ0) is 29.5. The number of nitrogens with zero attached hydrogens (tertiary/aromatic N) is 2. The summed E-state index contributed by atoms with van der Waals surface area (Å²) >= 11 is 0. The van der Waals surface area contributed by atoms with Gasteiger partial charge in [0, 0.05) is 45.5 Å². The van der Waals surface area contributed by atoms with E-state index in [2.05, 4.69) is 21.5 Å². The van der Waals surface area contributed by atoms with Crippen molar-refractivity contribution >= 4 is 15.5 Å². The zero-order valence-electron chi connectivity index (χ0n) is 23.9. The van der Waals surface area contributed by atoms with E-state index in [1.54, 1.807) is 19.2 Å². The second kappa shape index (κ2) is 13.6. The van der Waals surface area contributed by atoms with Crippen molar-refractivity contribution in [3.63, 3.8) is 0 Å². The van der Waals surface area contributed by atoms with Crippen LogP contribution in [0.5, 0.6) is 17.2 Å². The fourth-order valence-electron chi connectivity index (χ4n) is 5.47. The van der Waals surface area contributed by atoms with Crippen LogP contribution >= 0.6 is 0 Å². The molecule has 1 N–H and O–H groups in total. The maximum absolute atomic E-state index is 11.8. The summed E-state index contributed by atoms with van der Waals surface area (Å²) in [5.41, 5.74) is 3.03. The Morgan fingerprint density at radius 1 is 1.02 bits per heavy atom. The van der Waals surface area contributed by atoms with Crippen LogP contribution in [-0.4, -0.2) is 73.3 Å². The number of hydrogen-bond acceptors (Lipinski definition) is 10. The maximum Gasteiger partial charge on any atom is 0.175 e. The second-order valence-corrected chi connectivity index (χ2v) is 12.6. The van der Waals surface area contributed by atoms with Gasteiger partial charge in [0.1, 0.15) is 29.9 Å². The Morgan fingerprint density at radius 2 is 1.76 bits per heavy atom. The molecule has 1 fully saturated rings. The van der Waals surface area contributed by atoms with Gasteiger partial charge in [0.25, 0.3) is 0 Å². The number of rotatable bonds is 12. The normalized spacial score (nSPS) is 20.4. The average Bonchev–Trinajstić information content (AvgIpc) is 3.00. The minimum absolute atomic E-state index is 0.224. The van der Waals surface area contributed by atoms with Crippen molar-refractivity contribution in [2.45, 2.75) is 36.0 Å². The van der Waals surface area contributed by atoms with Gasteiger partial charge in [-0.1, -0.05) is 23.4 Å². The second-order valence-electron chi connectivity index (χ2n) is 10.6. The molecule has 42 heavy (non-hydrogen) atoms. The Bertz CT molecular complexity index is 1450. The number of methoxy groups -OCH3 is 1. The first-order chi connectivity index (χ1) is 20.4. The first kappa shape index (κ1) is 30.0. The smallest absolute Gasteiger partial charge is 0.175 e. The third-order valence-electron chi connectivity index (χ3n) is 7.63. The van der Waals surface area contributed by atoms with Gasteiger partial charge in [-0.25, -0.2) is 8.42 Å². The fraction of sp³-hybridized carbons (Fsp3) is 0.419. The number of nitrogens with one attached hydrogen (secondary N) is 1. The van der Waals surface area contributed by atoms with Crippen molar-refractivity contribution in [1.29, 1.82) is 0 Å². The van der Waals surface area contributed by atoms with Crippen LogP contribution in [0.3, 0.4) is 0 Å². The van der Waals surface area contributed by atoms with Crippen LogP contribution < -0.4 is 19.7 Å². The maximum atomic E-state index is 11.8. The van der Waals surface area contributed by atoms with E-state index < -0.39 is 15.9 Å². The first-order valence-electron chi connectivity index (χ1n) is 14.1. The molecule has 0 aromatic heterocycles. The van der Waals surface area contributed by atoms with E-state index in [0.717, 1.165) is 42.1 Å². The molecule has 0 radical (unpaired) electrons. The number of ether oxygens (including phenoxy) is 4. The van der Waals surface area contributed by atoms with Crippen LogP contribution in [0.2, 0.25) is 0 Å². The molecule has 0 spiro atoms. The van der Waals surface area contributed by atoms with E-state index in [-0.39, 0.29) is 16.9 Å². The minimum atomic E-state index is -3.28. The summed E-state index contributed by atoms with van der Waals surface area (Å²) in [6, 6.07) is 19.5. The molecule has 2 aliphatic rings. The number of hydrogen-bond donors (Lipinski definition) is 1. The lowest BCUT2D eigenvalue weighted by molar-refractivity contribution is 0.00539. The molecule has 1 saturated heterocycles. The monoisotopic (exact) mass is 595 g/mol. The van der Waals surface area contributed by atoms with E-state index in [1.807, 2.05) is 36.4 Å². The molecule has 11 heteroatoms. The van der Waals surface area contributed by atoms with Crippen molar-refractivity contribution < 1.29 is 27.4 Å². The lowest BCUT2D eigenvalue weighted by Crippen LogP contribution is -2.48.